The maximum Gasteiger partial charge on any atom is 0.267 e. The zero-order valence-electron chi connectivity index (χ0n) is 26.0. The fourth-order valence-corrected chi connectivity index (χ4v) is 5.56. The molecule has 6 heteroatoms. The molecule has 0 atom stereocenters. The summed E-state index contributed by atoms with van der Waals surface area (Å²) in [4.78, 5) is 4.75. The number of benzene rings is 4. The fraction of sp³-hybridized carbons (Fsp3) is 0.179. The molecule has 0 radical (unpaired) electrons. The molecule has 45 heavy (non-hydrogen) atoms. The van der Waals surface area contributed by atoms with E-state index in [-0.39, 0.29) is 26.5 Å². The van der Waals surface area contributed by atoms with Crippen molar-refractivity contribution in [1.29, 1.82) is 0 Å². The quantitative estimate of drug-likeness (QED) is 0.125. The van der Waals surface area contributed by atoms with Crippen molar-refractivity contribution in [2.45, 2.75) is 46.0 Å². The van der Waals surface area contributed by atoms with Crippen LogP contribution >= 0.6 is 0 Å². The molecule has 0 amide bonds. The van der Waals surface area contributed by atoms with Crippen LogP contribution in [0.3, 0.4) is 0 Å². The smallest absolute Gasteiger partial charge is 0.267 e. The van der Waals surface area contributed by atoms with Crippen molar-refractivity contribution < 1.29 is 30.4 Å². The van der Waals surface area contributed by atoms with E-state index in [4.69, 9.17) is 9.72 Å². The van der Waals surface area contributed by atoms with Gasteiger partial charge in [0.05, 0.1) is 5.69 Å². The van der Waals surface area contributed by atoms with Crippen molar-refractivity contribution in [3.63, 3.8) is 0 Å². The molecule has 7 rings (SSSR count). The summed E-state index contributed by atoms with van der Waals surface area (Å²) >= 11 is 0. The van der Waals surface area contributed by atoms with Gasteiger partial charge in [0.25, 0.3) is 6.33 Å². The average Bonchev–Trinajstić information content (AvgIpc) is 3.64. The van der Waals surface area contributed by atoms with Crippen molar-refractivity contribution in [2.75, 3.05) is 0 Å². The van der Waals surface area contributed by atoms with Crippen molar-refractivity contribution >= 4 is 21.8 Å². The molecule has 0 N–H and O–H groups in total. The summed E-state index contributed by atoms with van der Waals surface area (Å²) in [5.74, 6) is 2.48. The van der Waals surface area contributed by atoms with Crippen LogP contribution in [-0.2, 0) is 26.5 Å². The minimum Gasteiger partial charge on any atom is -0.510 e. The number of imidazole rings is 1. The maximum absolute atomic E-state index is 6.36. The molecule has 0 aliphatic carbocycles. The van der Waals surface area contributed by atoms with Crippen LogP contribution in [0.4, 0.5) is 0 Å². The van der Waals surface area contributed by atoms with Crippen LogP contribution < -0.4 is 9.30 Å². The van der Waals surface area contributed by atoms with E-state index >= 15 is 0 Å². The Bertz CT molecular complexity index is 2130. The molecule has 0 unspecified atom stereocenters. The van der Waals surface area contributed by atoms with Gasteiger partial charge >= 0.3 is 0 Å². The monoisotopic (exact) mass is 769 g/mol. The van der Waals surface area contributed by atoms with Crippen LogP contribution in [-0.4, -0.2) is 14.1 Å². The van der Waals surface area contributed by atoms with E-state index < -0.39 is 0 Å². The van der Waals surface area contributed by atoms with E-state index in [0.29, 0.717) is 17.4 Å². The third kappa shape index (κ3) is 5.97. The standard InChI is InChI=1S/C39H34N4O.Pt/c1-27(2)28-18-19-40-38(22-28)43-36-15-7-6-14-34(36)35-17-16-33(25-37(35)43)44-32-13-9-12-31(24-32)42-21-20-41(26-42)30-11-8-10-29(23-30)39(3,4)5;/h6-23,27H,1-5H3;/q-2;. The fourth-order valence-electron chi connectivity index (χ4n) is 5.56. The largest absolute Gasteiger partial charge is 0.510 e. The normalized spacial score (nSPS) is 11.7. The van der Waals surface area contributed by atoms with Crippen LogP contribution in [0, 0.1) is 18.5 Å². The van der Waals surface area contributed by atoms with Gasteiger partial charge in [-0.05, 0) is 63.9 Å². The molecular weight excluding hydrogens is 736 g/mol. The van der Waals surface area contributed by atoms with Gasteiger partial charge in [0.2, 0.25) is 0 Å². The van der Waals surface area contributed by atoms with Crippen LogP contribution in [0.1, 0.15) is 51.7 Å². The minimum absolute atomic E-state index is 0. The summed E-state index contributed by atoms with van der Waals surface area (Å²) in [6, 6.07) is 38.1. The second-order valence-corrected chi connectivity index (χ2v) is 12.5. The van der Waals surface area contributed by atoms with Crippen molar-refractivity contribution in [2.24, 2.45) is 0 Å². The number of fused-ring (bicyclic) bond motifs is 3. The van der Waals surface area contributed by atoms with Crippen molar-refractivity contribution in [3.05, 3.63) is 139 Å². The Morgan fingerprint density at radius 3 is 2.44 bits per heavy atom. The van der Waals surface area contributed by atoms with Gasteiger partial charge in [-0.25, -0.2) is 4.98 Å². The SMILES string of the molecule is CC(C)c1ccnc(-n2c3[c-]c(Oc4[c-]c(-n5[c-][n+](-c6cccc(C(C)(C)C)c6)cc5)ccc4)ccc3c3ccccc32)c1.[Pt]. The van der Waals surface area contributed by atoms with E-state index in [0.717, 1.165) is 39.0 Å². The first-order valence-electron chi connectivity index (χ1n) is 15.0. The molecule has 3 aromatic heterocycles. The summed E-state index contributed by atoms with van der Waals surface area (Å²) in [6.07, 6.45) is 9.29. The molecule has 7 aromatic rings. The third-order valence-corrected chi connectivity index (χ3v) is 8.03. The molecule has 0 fully saturated rings. The molecule has 3 heterocycles. The zero-order valence-corrected chi connectivity index (χ0v) is 28.3. The minimum atomic E-state index is 0. The number of hydrogen-bond acceptors (Lipinski definition) is 2. The molecule has 0 bridgehead atoms. The van der Waals surface area contributed by atoms with E-state index in [1.807, 2.05) is 52.0 Å². The Morgan fingerprint density at radius 2 is 1.62 bits per heavy atom. The third-order valence-electron chi connectivity index (χ3n) is 8.03. The summed E-state index contributed by atoms with van der Waals surface area (Å²) in [6.45, 7) is 11.1. The van der Waals surface area contributed by atoms with Crippen LogP contribution in [0.15, 0.2) is 110 Å². The van der Waals surface area contributed by atoms with Crippen molar-refractivity contribution in [3.8, 4) is 28.7 Å². The second kappa shape index (κ2) is 12.1. The molecule has 228 valence electrons. The first-order valence-corrected chi connectivity index (χ1v) is 15.0. The van der Waals surface area contributed by atoms with E-state index in [9.17, 15) is 0 Å². The summed E-state index contributed by atoms with van der Waals surface area (Å²) in [5.41, 5.74) is 6.49. The van der Waals surface area contributed by atoms with E-state index in [1.54, 1.807) is 0 Å². The second-order valence-electron chi connectivity index (χ2n) is 12.5. The van der Waals surface area contributed by atoms with Crippen molar-refractivity contribution in [1.82, 2.24) is 14.1 Å². The molecular formula is C39H34N4OPt-2. The Hall–Kier alpha value is -4.47. The predicted molar refractivity (Wildman–Crippen MR) is 175 cm³/mol. The number of rotatable bonds is 6. The Balaban J connectivity index is 0.00000357. The number of hydrogen-bond donors (Lipinski definition) is 0. The Kier molecular flexibility index (Phi) is 8.24. The average molecular weight is 770 g/mol. The molecule has 0 saturated heterocycles. The van der Waals surface area contributed by atoms with Gasteiger partial charge in [0.1, 0.15) is 5.82 Å². The van der Waals surface area contributed by atoms with Gasteiger partial charge in [-0.3, -0.25) is 4.57 Å². The molecule has 0 aliphatic rings. The van der Waals surface area contributed by atoms with Gasteiger partial charge in [0.15, 0.2) is 0 Å². The number of ether oxygens (including phenoxy) is 1. The molecule has 5 nitrogen and oxygen atoms in total. The number of nitrogens with zero attached hydrogens (tertiary/aromatic N) is 4. The van der Waals surface area contributed by atoms with Gasteiger partial charge in [-0.1, -0.05) is 70.5 Å². The van der Waals surface area contributed by atoms with Gasteiger partial charge in [0, 0.05) is 56.7 Å². The molecule has 0 aliphatic heterocycles. The predicted octanol–water partition coefficient (Wildman–Crippen LogP) is 8.86. The van der Waals surface area contributed by atoms with Crippen LogP contribution in [0.5, 0.6) is 11.5 Å². The summed E-state index contributed by atoms with van der Waals surface area (Å²) < 4.78 is 12.5. The number of para-hydroxylation sites is 1. The van der Waals surface area contributed by atoms with E-state index in [2.05, 4.69) is 124 Å². The maximum atomic E-state index is 6.36. The van der Waals surface area contributed by atoms with E-state index in [1.165, 1.54) is 11.1 Å². The van der Waals surface area contributed by atoms with Crippen LogP contribution in [0.2, 0.25) is 0 Å². The Labute approximate surface area is 279 Å². The summed E-state index contributed by atoms with van der Waals surface area (Å²) in [5, 5.41) is 2.25. The van der Waals surface area contributed by atoms with Gasteiger partial charge in [-0.15, -0.1) is 29.7 Å². The van der Waals surface area contributed by atoms with Gasteiger partial charge < -0.3 is 13.9 Å². The Morgan fingerprint density at radius 1 is 0.822 bits per heavy atom. The molecule has 4 aromatic carbocycles. The first-order chi connectivity index (χ1) is 21.2. The van der Waals surface area contributed by atoms with Crippen LogP contribution in [0.25, 0.3) is 39.0 Å². The van der Waals surface area contributed by atoms with Gasteiger partial charge in [-0.2, -0.15) is 18.2 Å². The summed E-state index contributed by atoms with van der Waals surface area (Å²) in [7, 11) is 0. The zero-order chi connectivity index (χ0) is 30.4. The first kappa shape index (κ1) is 30.6. The number of pyridine rings is 1. The topological polar surface area (TPSA) is 35.9 Å². The molecule has 0 saturated carbocycles. The molecule has 0 spiro atoms. The number of aromatic nitrogens is 4.